The van der Waals surface area contributed by atoms with Crippen LogP contribution in [0.4, 0.5) is 4.79 Å². The molecule has 1 fully saturated rings. The maximum Gasteiger partial charge on any atom is 0.408 e. The maximum absolute atomic E-state index is 13.7. The highest BCUT2D eigenvalue weighted by Crippen LogP contribution is 2.29. The quantitative estimate of drug-likeness (QED) is 0.156. The minimum absolute atomic E-state index is 0.00271. The van der Waals surface area contributed by atoms with Gasteiger partial charge in [-0.3, -0.25) is 19.3 Å². The molecule has 0 aliphatic carbocycles. The van der Waals surface area contributed by atoms with Crippen LogP contribution in [0.25, 0.3) is 0 Å². The van der Waals surface area contributed by atoms with Crippen LogP contribution in [-0.4, -0.2) is 90.3 Å². The van der Waals surface area contributed by atoms with Crippen LogP contribution in [0.1, 0.15) is 51.2 Å². The number of piperidine rings is 1. The van der Waals surface area contributed by atoms with Crippen molar-refractivity contribution in [2.24, 2.45) is 5.73 Å². The fourth-order valence-corrected chi connectivity index (χ4v) is 7.90. The molecule has 4 rings (SSSR count). The first-order valence-electron chi connectivity index (χ1n) is 17.3. The molecule has 0 saturated carbocycles. The van der Waals surface area contributed by atoms with Crippen LogP contribution in [0, 0.1) is 0 Å². The van der Waals surface area contributed by atoms with Gasteiger partial charge in [-0.15, -0.1) is 0 Å². The fraction of sp³-hybridized carbons (Fsp3) is 0.421. The van der Waals surface area contributed by atoms with E-state index in [9.17, 15) is 32.7 Å². The second kappa shape index (κ2) is 18.1. The lowest BCUT2D eigenvalue weighted by atomic mass is 9.96. The molecule has 1 aliphatic heterocycles. The maximum atomic E-state index is 13.7. The van der Waals surface area contributed by atoms with Crippen molar-refractivity contribution in [3.63, 3.8) is 0 Å². The van der Waals surface area contributed by atoms with Crippen molar-refractivity contribution < 1.29 is 37.4 Å². The molecule has 1 heterocycles. The van der Waals surface area contributed by atoms with Crippen LogP contribution in [0.5, 0.6) is 0 Å². The van der Waals surface area contributed by atoms with Crippen molar-refractivity contribution in [2.45, 2.75) is 93.0 Å². The number of carbonyl (C=O) groups excluding carboxylic acids is 4. The van der Waals surface area contributed by atoms with Gasteiger partial charge in [-0.05, 0) is 63.3 Å². The van der Waals surface area contributed by atoms with Crippen LogP contribution in [0.3, 0.4) is 0 Å². The number of nitrogens with zero attached hydrogens (tertiary/aromatic N) is 1. The smallest absolute Gasteiger partial charge is 0.408 e. The van der Waals surface area contributed by atoms with Crippen molar-refractivity contribution in [1.29, 1.82) is 0 Å². The number of amides is 4. The molecule has 6 N–H and O–H groups in total. The number of nitrogens with two attached hydrogens (primary N) is 1. The predicted octanol–water partition coefficient (Wildman–Crippen LogP) is 2.47. The molecular formula is C38H49N5O8S. The van der Waals surface area contributed by atoms with Gasteiger partial charge in [-0.1, -0.05) is 78.9 Å². The number of aliphatic hydroxyl groups excluding tert-OH is 1. The first-order valence-corrected chi connectivity index (χ1v) is 18.8. The Labute approximate surface area is 305 Å². The number of primary amides is 1. The summed E-state index contributed by atoms with van der Waals surface area (Å²) in [5.41, 5.74) is 6.32. The summed E-state index contributed by atoms with van der Waals surface area (Å²) in [5, 5.41) is 19.1. The first kappa shape index (κ1) is 40.0. The molecule has 0 unspecified atom stereocenters. The van der Waals surface area contributed by atoms with Gasteiger partial charge >= 0.3 is 6.09 Å². The van der Waals surface area contributed by atoms with E-state index in [1.807, 2.05) is 57.2 Å². The summed E-state index contributed by atoms with van der Waals surface area (Å²) in [6, 6.07) is 22.9. The molecule has 1 aliphatic rings. The highest BCUT2D eigenvalue weighted by atomic mass is 32.2. The van der Waals surface area contributed by atoms with E-state index in [0.717, 1.165) is 11.1 Å². The number of alkyl carbamates (subject to hydrolysis) is 1. The number of ether oxygens (including phenoxy) is 1. The number of carbonyl (C=O) groups is 4. The third-order valence-electron chi connectivity index (χ3n) is 8.72. The largest absolute Gasteiger partial charge is 0.445 e. The summed E-state index contributed by atoms with van der Waals surface area (Å²) >= 11 is 0. The van der Waals surface area contributed by atoms with Gasteiger partial charge in [0, 0.05) is 18.6 Å². The lowest BCUT2D eigenvalue weighted by molar-refractivity contribution is -0.130. The number of sulfone groups is 1. The Morgan fingerprint density at radius 2 is 1.48 bits per heavy atom. The molecule has 14 heteroatoms. The molecule has 52 heavy (non-hydrogen) atoms. The molecule has 3 aromatic rings. The number of rotatable bonds is 15. The minimum Gasteiger partial charge on any atom is -0.445 e. The van der Waals surface area contributed by atoms with Gasteiger partial charge in [-0.25, -0.2) is 13.2 Å². The second-order valence-electron chi connectivity index (χ2n) is 14.1. The standard InChI is InChI=1S/C38H49N5O8S/c1-38(2,3)42-36(47)32-22-29(52(49,50)28-17-11-6-12-18-28)19-20-43(32)24-33(44)30(21-26-13-7-4-8-14-26)40-35(46)31(23-34(39)45)41-37(48)51-25-27-15-9-5-10-16-27/h4-18,29-33,44H,19-25H2,1-3H3,(H2,39,45)(H,40,46)(H,41,48)(H,42,47)/t29-,30+,31+,32+,33-/m1/s1. The first-order chi connectivity index (χ1) is 24.6. The lowest BCUT2D eigenvalue weighted by Crippen LogP contribution is -2.60. The summed E-state index contributed by atoms with van der Waals surface area (Å²) in [7, 11) is -3.76. The Kier molecular flexibility index (Phi) is 13.9. The number of nitrogens with one attached hydrogen (secondary N) is 3. The van der Waals surface area contributed by atoms with E-state index < -0.39 is 69.2 Å². The summed E-state index contributed by atoms with van der Waals surface area (Å²) in [4.78, 5) is 53.9. The molecule has 280 valence electrons. The molecule has 0 bridgehead atoms. The minimum atomic E-state index is -3.76. The molecule has 1 saturated heterocycles. The predicted molar refractivity (Wildman–Crippen MR) is 195 cm³/mol. The van der Waals surface area contributed by atoms with Crippen LogP contribution >= 0.6 is 0 Å². The van der Waals surface area contributed by atoms with Gasteiger partial charge in [0.2, 0.25) is 17.7 Å². The second-order valence-corrected chi connectivity index (χ2v) is 16.3. The average molecular weight is 736 g/mol. The molecule has 13 nitrogen and oxygen atoms in total. The zero-order chi connectivity index (χ0) is 37.9. The highest BCUT2D eigenvalue weighted by Gasteiger charge is 2.42. The monoisotopic (exact) mass is 735 g/mol. The van der Waals surface area contributed by atoms with Gasteiger partial charge in [0.1, 0.15) is 12.6 Å². The zero-order valence-electron chi connectivity index (χ0n) is 29.7. The molecule has 0 spiro atoms. The number of hydrogen-bond donors (Lipinski definition) is 5. The van der Waals surface area contributed by atoms with Gasteiger partial charge < -0.3 is 31.5 Å². The van der Waals surface area contributed by atoms with Crippen LogP contribution < -0.4 is 21.7 Å². The van der Waals surface area contributed by atoms with Gasteiger partial charge in [0.05, 0.1) is 34.8 Å². The number of hydrogen-bond acceptors (Lipinski definition) is 9. The topological polar surface area (TPSA) is 197 Å². The number of likely N-dealkylation sites (tertiary alicyclic amines) is 1. The van der Waals surface area contributed by atoms with E-state index >= 15 is 0 Å². The Balaban J connectivity index is 1.54. The zero-order valence-corrected chi connectivity index (χ0v) is 30.6. The summed E-state index contributed by atoms with van der Waals surface area (Å²) in [6.45, 7) is 5.49. The number of aliphatic hydroxyl groups is 1. The Bertz CT molecular complexity index is 1750. The molecule has 5 atom stereocenters. The van der Waals surface area contributed by atoms with Crippen molar-refractivity contribution in [3.05, 3.63) is 102 Å². The summed E-state index contributed by atoms with van der Waals surface area (Å²) in [6.07, 6.45) is -2.36. The molecule has 4 amide bonds. The van der Waals surface area contributed by atoms with E-state index in [1.54, 1.807) is 47.4 Å². The van der Waals surface area contributed by atoms with E-state index in [4.69, 9.17) is 10.5 Å². The molecule has 3 aromatic carbocycles. The fourth-order valence-electron chi connectivity index (χ4n) is 6.13. The van der Waals surface area contributed by atoms with E-state index in [0.29, 0.717) is 0 Å². The SMILES string of the molecule is CC(C)(C)NC(=O)[C@@H]1C[C@H](S(=O)(=O)c2ccccc2)CCN1C[C@@H](O)[C@H](Cc1ccccc1)NC(=O)[C@H](CC(N)=O)NC(=O)OCc1ccccc1. The van der Waals surface area contributed by atoms with Crippen molar-refractivity contribution in [1.82, 2.24) is 20.9 Å². The molecule has 0 aromatic heterocycles. The molecular weight excluding hydrogens is 687 g/mol. The Morgan fingerprint density at radius 3 is 2.06 bits per heavy atom. The van der Waals surface area contributed by atoms with Crippen LogP contribution in [-0.2, 0) is 42.0 Å². The number of benzene rings is 3. The summed E-state index contributed by atoms with van der Waals surface area (Å²) in [5.74, 6) is -1.99. The average Bonchev–Trinajstić information content (AvgIpc) is 3.10. The Morgan fingerprint density at radius 1 is 0.904 bits per heavy atom. The van der Waals surface area contributed by atoms with Crippen molar-refractivity contribution in [3.8, 4) is 0 Å². The third-order valence-corrected chi connectivity index (χ3v) is 11.0. The van der Waals surface area contributed by atoms with Gasteiger partial charge in [-0.2, -0.15) is 0 Å². The van der Waals surface area contributed by atoms with E-state index in [2.05, 4.69) is 16.0 Å². The van der Waals surface area contributed by atoms with Gasteiger partial charge in [0.15, 0.2) is 9.84 Å². The van der Waals surface area contributed by atoms with Crippen LogP contribution in [0.15, 0.2) is 95.9 Å². The third kappa shape index (κ3) is 11.9. The van der Waals surface area contributed by atoms with Crippen molar-refractivity contribution in [2.75, 3.05) is 13.1 Å². The number of β-amino-alcohol motifs (C(OH)–C–C–N with tert-alkyl or cyclic N) is 1. The van der Waals surface area contributed by atoms with Crippen molar-refractivity contribution >= 4 is 33.7 Å². The van der Waals surface area contributed by atoms with E-state index in [-0.39, 0.29) is 49.8 Å². The van der Waals surface area contributed by atoms with Crippen LogP contribution in [0.2, 0.25) is 0 Å². The Hall–Kier alpha value is -4.79. The lowest BCUT2D eigenvalue weighted by Gasteiger charge is -2.41. The normalized spacial score (nSPS) is 18.3. The summed E-state index contributed by atoms with van der Waals surface area (Å²) < 4.78 is 32.5. The van der Waals surface area contributed by atoms with Gasteiger partial charge in [0.25, 0.3) is 0 Å². The molecule has 0 radical (unpaired) electrons. The highest BCUT2D eigenvalue weighted by molar-refractivity contribution is 7.92. The van der Waals surface area contributed by atoms with E-state index in [1.165, 1.54) is 12.1 Å².